The van der Waals surface area contributed by atoms with Crippen molar-refractivity contribution in [2.45, 2.75) is 57.9 Å². The number of aromatic nitrogens is 1. The molecule has 2 amide bonds. The van der Waals surface area contributed by atoms with Crippen molar-refractivity contribution in [3.63, 3.8) is 0 Å². The molecule has 0 atom stereocenters. The van der Waals surface area contributed by atoms with Crippen LogP contribution in [0.15, 0.2) is 24.5 Å². The van der Waals surface area contributed by atoms with E-state index in [2.05, 4.69) is 15.2 Å². The first-order chi connectivity index (χ1) is 12.2. The van der Waals surface area contributed by atoms with Crippen LogP contribution in [0.25, 0.3) is 0 Å². The quantitative estimate of drug-likeness (QED) is 0.914. The highest BCUT2D eigenvalue weighted by molar-refractivity contribution is 5.81. The average Bonchev–Trinajstić information content (AvgIpc) is 2.96. The molecule has 1 saturated heterocycles. The third kappa shape index (κ3) is 5.03. The van der Waals surface area contributed by atoms with E-state index in [1.807, 2.05) is 12.1 Å². The van der Waals surface area contributed by atoms with Gasteiger partial charge in [-0.2, -0.15) is 0 Å². The highest BCUT2D eigenvalue weighted by Crippen LogP contribution is 2.31. The van der Waals surface area contributed by atoms with E-state index in [0.29, 0.717) is 12.5 Å². The van der Waals surface area contributed by atoms with Crippen molar-refractivity contribution in [2.75, 3.05) is 13.1 Å². The van der Waals surface area contributed by atoms with Crippen molar-refractivity contribution in [2.24, 2.45) is 11.8 Å². The number of nitrogens with one attached hydrogen (secondary N) is 1. The molecule has 0 spiro atoms. The summed E-state index contributed by atoms with van der Waals surface area (Å²) >= 11 is 0. The Kier molecular flexibility index (Phi) is 6.42. The fourth-order valence-corrected chi connectivity index (χ4v) is 3.99. The molecule has 1 N–H and O–H groups in total. The first-order valence-electron chi connectivity index (χ1n) is 9.69. The molecule has 0 unspecified atom stereocenters. The molecular formula is C20H29N3O2. The van der Waals surface area contributed by atoms with E-state index in [0.717, 1.165) is 57.2 Å². The first-order valence-corrected chi connectivity index (χ1v) is 9.69. The molecule has 2 heterocycles. The molecule has 0 bridgehead atoms. The first kappa shape index (κ1) is 17.9. The van der Waals surface area contributed by atoms with Gasteiger partial charge in [0.2, 0.25) is 11.8 Å². The minimum Gasteiger partial charge on any atom is -0.352 e. The Labute approximate surface area is 150 Å². The Balaban J connectivity index is 1.43. The lowest BCUT2D eigenvalue weighted by molar-refractivity contribution is -0.138. The van der Waals surface area contributed by atoms with Crippen LogP contribution in [-0.4, -0.2) is 34.8 Å². The van der Waals surface area contributed by atoms with Crippen LogP contribution in [0.3, 0.4) is 0 Å². The van der Waals surface area contributed by atoms with Crippen LogP contribution in [0.2, 0.25) is 0 Å². The second-order valence-electron chi connectivity index (χ2n) is 7.36. The number of hydrogen-bond donors (Lipinski definition) is 1. The van der Waals surface area contributed by atoms with Gasteiger partial charge in [0.1, 0.15) is 0 Å². The van der Waals surface area contributed by atoms with E-state index in [1.54, 1.807) is 12.4 Å². The zero-order valence-corrected chi connectivity index (χ0v) is 15.0. The van der Waals surface area contributed by atoms with E-state index in [-0.39, 0.29) is 17.7 Å². The summed E-state index contributed by atoms with van der Waals surface area (Å²) in [6.07, 6.45) is 11.6. The summed E-state index contributed by atoms with van der Waals surface area (Å²) in [6, 6.07) is 3.83. The molecule has 0 aromatic carbocycles. The Bertz CT molecular complexity index is 560. The number of hydrogen-bond acceptors (Lipinski definition) is 3. The number of nitrogens with zero attached hydrogens (tertiary/aromatic N) is 2. The van der Waals surface area contributed by atoms with Crippen molar-refractivity contribution < 1.29 is 9.59 Å². The summed E-state index contributed by atoms with van der Waals surface area (Å²) in [5.74, 6) is 0.632. The van der Waals surface area contributed by atoms with Gasteiger partial charge < -0.3 is 10.2 Å². The molecule has 0 radical (unpaired) electrons. The number of likely N-dealkylation sites (tertiary alicyclic amines) is 1. The smallest absolute Gasteiger partial charge is 0.225 e. The number of carbonyl (C=O) groups is 2. The van der Waals surface area contributed by atoms with E-state index in [4.69, 9.17) is 0 Å². The van der Waals surface area contributed by atoms with E-state index < -0.39 is 0 Å². The largest absolute Gasteiger partial charge is 0.352 e. The van der Waals surface area contributed by atoms with Crippen molar-refractivity contribution in [1.82, 2.24) is 15.2 Å². The Morgan fingerprint density at radius 1 is 0.960 bits per heavy atom. The molecule has 1 aromatic heterocycles. The van der Waals surface area contributed by atoms with E-state index in [9.17, 15) is 9.59 Å². The Morgan fingerprint density at radius 2 is 1.56 bits per heavy atom. The van der Waals surface area contributed by atoms with Gasteiger partial charge in [0.15, 0.2) is 0 Å². The fourth-order valence-electron chi connectivity index (χ4n) is 3.99. The zero-order valence-electron chi connectivity index (χ0n) is 15.0. The lowest BCUT2D eigenvalue weighted by Crippen LogP contribution is -2.40. The van der Waals surface area contributed by atoms with Gasteiger partial charge in [-0.1, -0.05) is 12.8 Å². The molecule has 25 heavy (non-hydrogen) atoms. The zero-order chi connectivity index (χ0) is 17.5. The fraction of sp³-hybridized carbons (Fsp3) is 0.650. The lowest BCUT2D eigenvalue weighted by atomic mass is 9.81. The standard InChI is InChI=1S/C20H29N3O2/c24-19(22-15-16-9-11-21-12-10-16)17-5-7-18(8-6-17)20(25)23-13-3-1-2-4-14-23/h9-12,17-18H,1-8,13-15H2,(H,22,24). The molecular weight excluding hydrogens is 314 g/mol. The van der Waals surface area contributed by atoms with Gasteiger partial charge in [0.25, 0.3) is 0 Å². The van der Waals surface area contributed by atoms with Crippen LogP contribution in [0.1, 0.15) is 56.9 Å². The molecule has 2 aliphatic rings. The second kappa shape index (κ2) is 8.97. The van der Waals surface area contributed by atoms with Crippen LogP contribution in [0, 0.1) is 11.8 Å². The van der Waals surface area contributed by atoms with Gasteiger partial charge in [-0.3, -0.25) is 14.6 Å². The summed E-state index contributed by atoms with van der Waals surface area (Å²) < 4.78 is 0. The Hall–Kier alpha value is -1.91. The van der Waals surface area contributed by atoms with Crippen LogP contribution in [0.4, 0.5) is 0 Å². The number of rotatable bonds is 4. The van der Waals surface area contributed by atoms with Crippen LogP contribution in [-0.2, 0) is 16.1 Å². The highest BCUT2D eigenvalue weighted by atomic mass is 16.2. The monoisotopic (exact) mass is 343 g/mol. The van der Waals surface area contributed by atoms with Crippen LogP contribution < -0.4 is 5.32 Å². The molecule has 1 saturated carbocycles. The van der Waals surface area contributed by atoms with Crippen LogP contribution >= 0.6 is 0 Å². The molecule has 5 nitrogen and oxygen atoms in total. The maximum atomic E-state index is 12.7. The summed E-state index contributed by atoms with van der Waals surface area (Å²) in [5.41, 5.74) is 1.06. The molecule has 1 aliphatic heterocycles. The molecule has 3 rings (SSSR count). The maximum absolute atomic E-state index is 12.7. The van der Waals surface area contributed by atoms with Crippen molar-refractivity contribution in [3.05, 3.63) is 30.1 Å². The third-order valence-electron chi connectivity index (χ3n) is 5.58. The molecule has 136 valence electrons. The summed E-state index contributed by atoms with van der Waals surface area (Å²) in [7, 11) is 0. The van der Waals surface area contributed by atoms with E-state index >= 15 is 0 Å². The maximum Gasteiger partial charge on any atom is 0.225 e. The van der Waals surface area contributed by atoms with Crippen molar-refractivity contribution in [1.29, 1.82) is 0 Å². The summed E-state index contributed by atoms with van der Waals surface area (Å²) in [5, 5.41) is 3.02. The molecule has 1 aromatic rings. The lowest BCUT2D eigenvalue weighted by Gasteiger charge is -2.31. The number of pyridine rings is 1. The van der Waals surface area contributed by atoms with Gasteiger partial charge in [-0.25, -0.2) is 0 Å². The second-order valence-corrected chi connectivity index (χ2v) is 7.36. The van der Waals surface area contributed by atoms with Gasteiger partial charge in [-0.05, 0) is 56.2 Å². The number of carbonyl (C=O) groups excluding carboxylic acids is 2. The van der Waals surface area contributed by atoms with Gasteiger partial charge in [0, 0.05) is 43.9 Å². The number of amides is 2. The predicted octanol–water partition coefficient (Wildman–Crippen LogP) is 2.91. The minimum atomic E-state index is 0.0509. The van der Waals surface area contributed by atoms with Crippen molar-refractivity contribution in [3.8, 4) is 0 Å². The van der Waals surface area contributed by atoms with E-state index in [1.165, 1.54) is 12.8 Å². The molecule has 5 heteroatoms. The van der Waals surface area contributed by atoms with Gasteiger partial charge in [0.05, 0.1) is 0 Å². The molecule has 2 fully saturated rings. The molecule has 1 aliphatic carbocycles. The Morgan fingerprint density at radius 3 is 2.20 bits per heavy atom. The summed E-state index contributed by atoms with van der Waals surface area (Å²) in [6.45, 7) is 2.39. The van der Waals surface area contributed by atoms with Crippen molar-refractivity contribution >= 4 is 11.8 Å². The highest BCUT2D eigenvalue weighted by Gasteiger charge is 2.32. The predicted molar refractivity (Wildman–Crippen MR) is 96.6 cm³/mol. The SMILES string of the molecule is O=C(NCc1ccncc1)C1CCC(C(=O)N2CCCCCC2)CC1. The van der Waals surface area contributed by atoms with Gasteiger partial charge >= 0.3 is 0 Å². The minimum absolute atomic E-state index is 0.0509. The van der Waals surface area contributed by atoms with Gasteiger partial charge in [-0.15, -0.1) is 0 Å². The average molecular weight is 343 g/mol. The van der Waals surface area contributed by atoms with Crippen LogP contribution in [0.5, 0.6) is 0 Å². The third-order valence-corrected chi connectivity index (χ3v) is 5.58. The topological polar surface area (TPSA) is 62.3 Å². The summed E-state index contributed by atoms with van der Waals surface area (Å²) in [4.78, 5) is 31.1. The normalized spacial score (nSPS) is 24.4.